The van der Waals surface area contributed by atoms with Crippen LogP contribution in [0, 0.1) is 11.7 Å². The first-order chi connectivity index (χ1) is 7.67. The molecule has 0 amide bonds. The first-order valence-corrected chi connectivity index (χ1v) is 5.38. The molecule has 90 valence electrons. The van der Waals surface area contributed by atoms with Crippen molar-refractivity contribution in [3.8, 4) is 0 Å². The minimum atomic E-state index is -0.232. The van der Waals surface area contributed by atoms with Gasteiger partial charge in [-0.05, 0) is 30.0 Å². The van der Waals surface area contributed by atoms with Gasteiger partial charge in [-0.15, -0.1) is 0 Å². The molecule has 0 radical (unpaired) electrons. The van der Waals surface area contributed by atoms with Crippen molar-refractivity contribution in [2.45, 2.75) is 19.4 Å². The van der Waals surface area contributed by atoms with Gasteiger partial charge in [0.15, 0.2) is 0 Å². The maximum absolute atomic E-state index is 12.8. The first kappa shape index (κ1) is 13.1. The largest absolute Gasteiger partial charge is 0.384 e. The molecule has 0 bridgehead atoms. The Morgan fingerprint density at radius 2 is 2.00 bits per heavy atom. The fourth-order valence-corrected chi connectivity index (χ4v) is 1.75. The Labute approximate surface area is 95.8 Å². The molecule has 1 aromatic carbocycles. The monoisotopic (exact) mass is 226 g/mol. The van der Waals surface area contributed by atoms with Crippen molar-refractivity contribution < 1.29 is 9.13 Å². The topological polar surface area (TPSA) is 47.3 Å². The van der Waals surface area contributed by atoms with Crippen LogP contribution >= 0.6 is 0 Å². The van der Waals surface area contributed by atoms with Crippen molar-refractivity contribution >= 4 is 0 Å². The minimum Gasteiger partial charge on any atom is -0.384 e. The van der Waals surface area contributed by atoms with Gasteiger partial charge in [0.2, 0.25) is 0 Å². The van der Waals surface area contributed by atoms with Crippen LogP contribution in [0.2, 0.25) is 0 Å². The Kier molecular flexibility index (Phi) is 5.38. The number of nitrogens with two attached hydrogens (primary N) is 1. The fraction of sp³-hybridized carbons (Fsp3) is 0.500. The van der Waals surface area contributed by atoms with Crippen LogP contribution in [0.15, 0.2) is 24.3 Å². The number of ether oxygens (including phenoxy) is 1. The predicted octanol–water partition coefficient (Wildman–Crippen LogP) is 2.00. The molecular weight excluding hydrogens is 207 g/mol. The van der Waals surface area contributed by atoms with E-state index < -0.39 is 0 Å². The third-order valence-corrected chi connectivity index (χ3v) is 2.56. The average molecular weight is 226 g/mol. The molecule has 0 saturated heterocycles. The van der Waals surface area contributed by atoms with Crippen LogP contribution in [0.3, 0.4) is 0 Å². The Balaban J connectivity index is 2.63. The van der Waals surface area contributed by atoms with E-state index in [9.17, 15) is 4.39 Å². The zero-order valence-electron chi connectivity index (χ0n) is 9.74. The summed E-state index contributed by atoms with van der Waals surface area (Å²) in [7, 11) is 1.68. The number of hydrogen-bond acceptors (Lipinski definition) is 3. The number of hydrogen-bond donors (Lipinski definition) is 2. The molecule has 3 N–H and O–H groups in total. The number of methoxy groups -OCH3 is 1. The van der Waals surface area contributed by atoms with Gasteiger partial charge in [-0.25, -0.2) is 4.39 Å². The fourth-order valence-electron chi connectivity index (χ4n) is 1.75. The van der Waals surface area contributed by atoms with Gasteiger partial charge in [-0.1, -0.05) is 19.1 Å². The minimum absolute atomic E-state index is 0.0331. The van der Waals surface area contributed by atoms with Gasteiger partial charge in [0.05, 0.1) is 0 Å². The van der Waals surface area contributed by atoms with Crippen LogP contribution in [-0.4, -0.2) is 13.7 Å². The summed E-state index contributed by atoms with van der Waals surface area (Å²) < 4.78 is 17.8. The molecule has 1 aromatic rings. The van der Waals surface area contributed by atoms with Crippen LogP contribution in [0.1, 0.15) is 24.9 Å². The molecule has 0 spiro atoms. The molecule has 16 heavy (non-hydrogen) atoms. The summed E-state index contributed by atoms with van der Waals surface area (Å²) in [5.41, 5.74) is 3.74. The van der Waals surface area contributed by atoms with Crippen molar-refractivity contribution in [3.05, 3.63) is 35.6 Å². The second-order valence-corrected chi connectivity index (χ2v) is 4.07. The van der Waals surface area contributed by atoms with E-state index in [0.29, 0.717) is 12.5 Å². The van der Waals surface area contributed by atoms with Gasteiger partial charge in [0.1, 0.15) is 5.82 Å². The normalized spacial score (nSPS) is 14.8. The number of nitrogens with one attached hydrogen (secondary N) is 1. The van der Waals surface area contributed by atoms with Crippen molar-refractivity contribution in [1.82, 2.24) is 5.43 Å². The maximum Gasteiger partial charge on any atom is 0.123 e. The van der Waals surface area contributed by atoms with Gasteiger partial charge in [0, 0.05) is 19.8 Å². The molecular formula is C12H19FN2O. The van der Waals surface area contributed by atoms with Crippen LogP contribution in [0.25, 0.3) is 0 Å². The van der Waals surface area contributed by atoms with Crippen molar-refractivity contribution in [2.24, 2.45) is 11.8 Å². The van der Waals surface area contributed by atoms with Gasteiger partial charge in [0.25, 0.3) is 0 Å². The highest BCUT2D eigenvalue weighted by Crippen LogP contribution is 2.20. The molecule has 0 heterocycles. The van der Waals surface area contributed by atoms with Crippen LogP contribution in [-0.2, 0) is 4.74 Å². The SMILES string of the molecule is COCC(C)CC(NN)c1ccc(F)cc1. The van der Waals surface area contributed by atoms with Gasteiger partial charge >= 0.3 is 0 Å². The molecule has 1 rings (SSSR count). The molecule has 0 aliphatic rings. The van der Waals surface area contributed by atoms with Gasteiger partial charge < -0.3 is 4.74 Å². The maximum atomic E-state index is 12.8. The van der Waals surface area contributed by atoms with E-state index >= 15 is 0 Å². The molecule has 2 atom stereocenters. The standard InChI is InChI=1S/C12H19FN2O/c1-9(8-16-2)7-12(15-14)10-3-5-11(13)6-4-10/h3-6,9,12,15H,7-8,14H2,1-2H3. The summed E-state index contributed by atoms with van der Waals surface area (Å²) in [6, 6.07) is 6.42. The summed E-state index contributed by atoms with van der Waals surface area (Å²) in [4.78, 5) is 0. The number of halogens is 1. The Bertz CT molecular complexity index is 302. The summed E-state index contributed by atoms with van der Waals surface area (Å²) in [6.45, 7) is 2.79. The van der Waals surface area contributed by atoms with E-state index in [1.807, 2.05) is 0 Å². The Morgan fingerprint density at radius 1 is 1.38 bits per heavy atom. The zero-order chi connectivity index (χ0) is 12.0. The van der Waals surface area contributed by atoms with E-state index in [-0.39, 0.29) is 11.9 Å². The third kappa shape index (κ3) is 3.89. The third-order valence-electron chi connectivity index (χ3n) is 2.56. The second kappa shape index (κ2) is 6.58. The molecule has 0 aliphatic heterocycles. The Morgan fingerprint density at radius 3 is 2.50 bits per heavy atom. The van der Waals surface area contributed by atoms with Gasteiger partial charge in [-0.3, -0.25) is 11.3 Å². The highest BCUT2D eigenvalue weighted by molar-refractivity contribution is 5.19. The first-order valence-electron chi connectivity index (χ1n) is 5.38. The molecule has 2 unspecified atom stereocenters. The van der Waals surface area contributed by atoms with E-state index in [4.69, 9.17) is 10.6 Å². The summed E-state index contributed by atoms with van der Waals surface area (Å²) in [6.07, 6.45) is 0.857. The highest BCUT2D eigenvalue weighted by atomic mass is 19.1. The smallest absolute Gasteiger partial charge is 0.123 e. The zero-order valence-corrected chi connectivity index (χ0v) is 9.74. The Hall–Kier alpha value is -0.970. The van der Waals surface area contributed by atoms with Gasteiger partial charge in [-0.2, -0.15) is 0 Å². The molecule has 0 fully saturated rings. The second-order valence-electron chi connectivity index (χ2n) is 4.07. The van der Waals surface area contributed by atoms with Crippen molar-refractivity contribution in [1.29, 1.82) is 0 Å². The van der Waals surface area contributed by atoms with E-state index in [2.05, 4.69) is 12.3 Å². The molecule has 3 nitrogen and oxygen atoms in total. The molecule has 0 saturated carbocycles. The lowest BCUT2D eigenvalue weighted by Crippen LogP contribution is -2.30. The van der Waals surface area contributed by atoms with Crippen molar-refractivity contribution in [3.63, 3.8) is 0 Å². The molecule has 0 aromatic heterocycles. The van der Waals surface area contributed by atoms with Crippen LogP contribution in [0.4, 0.5) is 4.39 Å². The number of rotatable bonds is 6. The lowest BCUT2D eigenvalue weighted by molar-refractivity contribution is 0.149. The predicted molar refractivity (Wildman–Crippen MR) is 62.1 cm³/mol. The summed E-state index contributed by atoms with van der Waals surface area (Å²) in [5.74, 6) is 5.67. The number of hydrazine groups is 1. The van der Waals surface area contributed by atoms with Crippen LogP contribution in [0.5, 0.6) is 0 Å². The summed E-state index contributed by atoms with van der Waals surface area (Å²) >= 11 is 0. The van der Waals surface area contributed by atoms with E-state index in [1.54, 1.807) is 19.2 Å². The van der Waals surface area contributed by atoms with E-state index in [0.717, 1.165) is 12.0 Å². The van der Waals surface area contributed by atoms with Crippen LogP contribution < -0.4 is 11.3 Å². The summed E-state index contributed by atoms with van der Waals surface area (Å²) in [5, 5.41) is 0. The lowest BCUT2D eigenvalue weighted by atomic mass is 9.97. The quantitative estimate of drug-likeness (QED) is 0.576. The highest BCUT2D eigenvalue weighted by Gasteiger charge is 2.13. The molecule has 0 aliphatic carbocycles. The van der Waals surface area contributed by atoms with Crippen molar-refractivity contribution in [2.75, 3.05) is 13.7 Å². The molecule has 4 heteroatoms. The lowest BCUT2D eigenvalue weighted by Gasteiger charge is -2.20. The number of benzene rings is 1. The average Bonchev–Trinajstić information content (AvgIpc) is 2.27. The van der Waals surface area contributed by atoms with E-state index in [1.165, 1.54) is 12.1 Å².